The Bertz CT molecular complexity index is 1680. The molecule has 2 amide bonds. The molecule has 0 aliphatic rings. The van der Waals surface area contributed by atoms with Gasteiger partial charge < -0.3 is 10.2 Å². The first-order valence-corrected chi connectivity index (χ1v) is 15.5. The summed E-state index contributed by atoms with van der Waals surface area (Å²) in [6.07, 6.45) is 0.175. The van der Waals surface area contributed by atoms with Crippen molar-refractivity contribution in [1.29, 1.82) is 0 Å². The minimum absolute atomic E-state index is 0.00231. The molecular formula is C33H33ClFN3O4S. The molecule has 1 N–H and O–H groups in total. The SMILES string of the molecule is CNC(=O)C(Cc1ccccc1)N(Cc1ccc(F)cc1)C(=O)CN(c1cc(Cl)ccc1C)S(=O)(=O)c1ccc(C)cc1. The summed E-state index contributed by atoms with van der Waals surface area (Å²) in [6, 6.07) is 25.0. The van der Waals surface area contributed by atoms with E-state index in [1.54, 1.807) is 31.2 Å². The van der Waals surface area contributed by atoms with Crippen LogP contribution in [0.1, 0.15) is 22.3 Å². The summed E-state index contributed by atoms with van der Waals surface area (Å²) in [4.78, 5) is 29.0. The lowest BCUT2D eigenvalue weighted by Gasteiger charge is -2.34. The van der Waals surface area contributed by atoms with Crippen LogP contribution in [-0.2, 0) is 32.6 Å². The van der Waals surface area contributed by atoms with Gasteiger partial charge in [-0.1, -0.05) is 77.8 Å². The number of rotatable bonds is 11. The number of benzene rings is 4. The maximum absolute atomic E-state index is 14.3. The molecule has 10 heteroatoms. The predicted octanol–water partition coefficient (Wildman–Crippen LogP) is 5.68. The zero-order valence-electron chi connectivity index (χ0n) is 24.1. The Morgan fingerprint density at radius 2 is 1.53 bits per heavy atom. The Morgan fingerprint density at radius 3 is 2.16 bits per heavy atom. The fourth-order valence-corrected chi connectivity index (χ4v) is 6.35. The number of hydrogen-bond donors (Lipinski definition) is 1. The summed E-state index contributed by atoms with van der Waals surface area (Å²) >= 11 is 6.30. The van der Waals surface area contributed by atoms with Crippen molar-refractivity contribution in [2.75, 3.05) is 17.9 Å². The van der Waals surface area contributed by atoms with Crippen LogP contribution in [0.5, 0.6) is 0 Å². The second-order valence-corrected chi connectivity index (χ2v) is 12.5. The van der Waals surface area contributed by atoms with Crippen LogP contribution in [0.4, 0.5) is 10.1 Å². The molecule has 4 aromatic rings. The van der Waals surface area contributed by atoms with Crippen LogP contribution in [0.3, 0.4) is 0 Å². The average Bonchev–Trinajstić information content (AvgIpc) is 3.00. The number of nitrogens with zero attached hydrogens (tertiary/aromatic N) is 2. The molecular weight excluding hydrogens is 589 g/mol. The first-order chi connectivity index (χ1) is 20.5. The molecule has 0 heterocycles. The van der Waals surface area contributed by atoms with E-state index in [1.165, 1.54) is 54.4 Å². The number of anilines is 1. The summed E-state index contributed by atoms with van der Waals surface area (Å²) < 4.78 is 43.0. The van der Waals surface area contributed by atoms with Crippen molar-refractivity contribution >= 4 is 39.1 Å². The molecule has 0 saturated heterocycles. The van der Waals surface area contributed by atoms with Crippen LogP contribution in [0.2, 0.25) is 5.02 Å². The van der Waals surface area contributed by atoms with E-state index in [0.717, 1.165) is 15.4 Å². The highest BCUT2D eigenvalue weighted by molar-refractivity contribution is 7.92. The number of amides is 2. The van der Waals surface area contributed by atoms with Crippen molar-refractivity contribution in [3.05, 3.63) is 130 Å². The number of carbonyl (C=O) groups is 2. The molecule has 0 aliphatic heterocycles. The van der Waals surface area contributed by atoms with Gasteiger partial charge in [0, 0.05) is 25.0 Å². The molecule has 0 saturated carbocycles. The number of nitrogens with one attached hydrogen (secondary N) is 1. The Labute approximate surface area is 257 Å². The van der Waals surface area contributed by atoms with E-state index in [1.807, 2.05) is 37.3 Å². The molecule has 1 atom stereocenters. The second kappa shape index (κ2) is 13.8. The van der Waals surface area contributed by atoms with Crippen LogP contribution in [0.25, 0.3) is 0 Å². The predicted molar refractivity (Wildman–Crippen MR) is 167 cm³/mol. The second-order valence-electron chi connectivity index (χ2n) is 10.2. The summed E-state index contributed by atoms with van der Waals surface area (Å²) in [5, 5.41) is 2.94. The van der Waals surface area contributed by atoms with Gasteiger partial charge in [0.25, 0.3) is 10.0 Å². The zero-order chi connectivity index (χ0) is 31.1. The highest BCUT2D eigenvalue weighted by atomic mass is 35.5. The molecule has 0 bridgehead atoms. The van der Waals surface area contributed by atoms with Gasteiger partial charge in [-0.3, -0.25) is 13.9 Å². The maximum Gasteiger partial charge on any atom is 0.264 e. The fourth-order valence-electron chi connectivity index (χ4n) is 4.71. The summed E-state index contributed by atoms with van der Waals surface area (Å²) in [6.45, 7) is 2.91. The van der Waals surface area contributed by atoms with Gasteiger partial charge in [-0.05, 0) is 66.9 Å². The first kappa shape index (κ1) is 31.7. The quantitative estimate of drug-likeness (QED) is 0.234. The van der Waals surface area contributed by atoms with E-state index in [-0.39, 0.29) is 23.5 Å². The summed E-state index contributed by atoms with van der Waals surface area (Å²) in [5.41, 5.74) is 3.08. The van der Waals surface area contributed by atoms with Gasteiger partial charge in [-0.25, -0.2) is 12.8 Å². The average molecular weight is 622 g/mol. The molecule has 0 spiro atoms. The van der Waals surface area contributed by atoms with Crippen LogP contribution in [0.15, 0.2) is 102 Å². The van der Waals surface area contributed by atoms with Crippen LogP contribution in [0, 0.1) is 19.7 Å². The van der Waals surface area contributed by atoms with E-state index in [0.29, 0.717) is 16.1 Å². The Morgan fingerprint density at radius 1 is 0.884 bits per heavy atom. The maximum atomic E-state index is 14.3. The molecule has 0 aliphatic carbocycles. The molecule has 4 rings (SSSR count). The van der Waals surface area contributed by atoms with Gasteiger partial charge >= 0.3 is 0 Å². The van der Waals surface area contributed by atoms with Crippen molar-refractivity contribution in [1.82, 2.24) is 10.2 Å². The van der Waals surface area contributed by atoms with Gasteiger partial charge in [0.1, 0.15) is 18.4 Å². The van der Waals surface area contributed by atoms with E-state index in [2.05, 4.69) is 5.32 Å². The van der Waals surface area contributed by atoms with Crippen molar-refractivity contribution in [2.45, 2.75) is 37.8 Å². The summed E-state index contributed by atoms with van der Waals surface area (Å²) in [7, 11) is -2.77. The van der Waals surface area contributed by atoms with Gasteiger partial charge in [0.15, 0.2) is 0 Å². The number of halogens is 2. The molecule has 224 valence electrons. The van der Waals surface area contributed by atoms with E-state index in [4.69, 9.17) is 11.6 Å². The normalized spacial score (nSPS) is 11.9. The number of carbonyl (C=O) groups excluding carboxylic acids is 2. The number of likely N-dealkylation sites (N-methyl/N-ethyl adjacent to an activating group) is 1. The summed E-state index contributed by atoms with van der Waals surface area (Å²) in [5.74, 6) is -1.49. The lowest BCUT2D eigenvalue weighted by molar-refractivity contribution is -0.139. The zero-order valence-corrected chi connectivity index (χ0v) is 25.7. The lowest BCUT2D eigenvalue weighted by atomic mass is 10.0. The highest BCUT2D eigenvalue weighted by Crippen LogP contribution is 2.30. The highest BCUT2D eigenvalue weighted by Gasteiger charge is 2.35. The lowest BCUT2D eigenvalue weighted by Crippen LogP contribution is -2.53. The minimum atomic E-state index is -4.25. The topological polar surface area (TPSA) is 86.8 Å². The van der Waals surface area contributed by atoms with Crippen LogP contribution < -0.4 is 9.62 Å². The van der Waals surface area contributed by atoms with Gasteiger partial charge in [-0.15, -0.1) is 0 Å². The molecule has 1 unspecified atom stereocenters. The van der Waals surface area contributed by atoms with Gasteiger partial charge in [0.05, 0.1) is 10.6 Å². The number of aryl methyl sites for hydroxylation is 2. The van der Waals surface area contributed by atoms with Gasteiger partial charge in [-0.2, -0.15) is 0 Å². The molecule has 0 fully saturated rings. The molecule has 0 radical (unpaired) electrons. The third kappa shape index (κ3) is 7.80. The molecule has 43 heavy (non-hydrogen) atoms. The molecule has 7 nitrogen and oxygen atoms in total. The van der Waals surface area contributed by atoms with Crippen molar-refractivity contribution < 1.29 is 22.4 Å². The van der Waals surface area contributed by atoms with Crippen molar-refractivity contribution in [3.63, 3.8) is 0 Å². The molecule has 4 aromatic carbocycles. The van der Waals surface area contributed by atoms with E-state index >= 15 is 0 Å². The van der Waals surface area contributed by atoms with E-state index in [9.17, 15) is 22.4 Å². The Balaban J connectivity index is 1.81. The van der Waals surface area contributed by atoms with Gasteiger partial charge in [0.2, 0.25) is 11.8 Å². The Kier molecular flexibility index (Phi) is 10.2. The standard InChI is InChI=1S/C33H33ClFN3O4S/c1-23-9-17-29(18-10-23)43(41,42)38(30-20-27(34)14-11-24(30)2)22-32(39)37(21-26-12-15-28(35)16-13-26)31(33(40)36-3)19-25-7-5-4-6-8-25/h4-18,20,31H,19,21-22H2,1-3H3,(H,36,40). The Hall–Kier alpha value is -4.21. The third-order valence-electron chi connectivity index (χ3n) is 7.11. The minimum Gasteiger partial charge on any atom is -0.357 e. The number of hydrogen-bond acceptors (Lipinski definition) is 4. The third-order valence-corrected chi connectivity index (χ3v) is 9.12. The van der Waals surface area contributed by atoms with Crippen molar-refractivity contribution in [2.24, 2.45) is 0 Å². The smallest absolute Gasteiger partial charge is 0.264 e. The fraction of sp³-hybridized carbons (Fsp3) is 0.212. The molecule has 0 aromatic heterocycles. The van der Waals surface area contributed by atoms with Crippen molar-refractivity contribution in [3.8, 4) is 0 Å². The first-order valence-electron chi connectivity index (χ1n) is 13.6. The largest absolute Gasteiger partial charge is 0.357 e. The van der Waals surface area contributed by atoms with Crippen LogP contribution in [-0.4, -0.2) is 44.8 Å². The van der Waals surface area contributed by atoms with Crippen LogP contribution >= 0.6 is 11.6 Å². The van der Waals surface area contributed by atoms with E-state index < -0.39 is 40.2 Å². The number of sulfonamides is 1. The monoisotopic (exact) mass is 621 g/mol.